The summed E-state index contributed by atoms with van der Waals surface area (Å²) < 4.78 is 24.6. The number of ketones is 1. The molecule has 2 aliphatic carbocycles. The van der Waals surface area contributed by atoms with Gasteiger partial charge in [0.15, 0.2) is 15.6 Å². The highest BCUT2D eigenvalue weighted by atomic mass is 32.2. The van der Waals surface area contributed by atoms with E-state index in [1.807, 2.05) is 19.1 Å². The smallest absolute Gasteiger partial charge is 0.177 e. The maximum atomic E-state index is 12.4. The van der Waals surface area contributed by atoms with E-state index >= 15 is 0 Å². The van der Waals surface area contributed by atoms with Crippen molar-refractivity contribution in [2.45, 2.75) is 50.7 Å². The van der Waals surface area contributed by atoms with Crippen molar-refractivity contribution in [3.63, 3.8) is 0 Å². The van der Waals surface area contributed by atoms with Crippen LogP contribution in [0.5, 0.6) is 0 Å². The predicted molar refractivity (Wildman–Crippen MR) is 76.7 cm³/mol. The van der Waals surface area contributed by atoms with Gasteiger partial charge in [-0.1, -0.05) is 38.0 Å². The molecule has 0 N–H and O–H groups in total. The van der Waals surface area contributed by atoms with E-state index in [2.05, 4.69) is 6.08 Å². The number of carbonyl (C=O) groups excluding carboxylic acids is 1. The normalized spacial score (nSPS) is 27.0. The van der Waals surface area contributed by atoms with Crippen LogP contribution in [-0.2, 0) is 14.6 Å². The minimum atomic E-state index is -3.27. The van der Waals surface area contributed by atoms with E-state index in [4.69, 9.17) is 0 Å². The predicted octanol–water partition coefficient (Wildman–Crippen LogP) is 2.83. The SMILES string of the molecule is CCCCCS(=O)(=O)C1CCC2CC=CC=C2C1=O. The molecule has 2 rings (SSSR count). The van der Waals surface area contributed by atoms with E-state index in [1.54, 1.807) is 0 Å². The maximum Gasteiger partial charge on any atom is 0.177 e. The van der Waals surface area contributed by atoms with Crippen LogP contribution < -0.4 is 0 Å². The topological polar surface area (TPSA) is 51.2 Å². The van der Waals surface area contributed by atoms with Gasteiger partial charge in [0.1, 0.15) is 5.25 Å². The Morgan fingerprint density at radius 1 is 1.26 bits per heavy atom. The number of hydrogen-bond acceptors (Lipinski definition) is 3. The summed E-state index contributed by atoms with van der Waals surface area (Å²) in [7, 11) is -3.27. The largest absolute Gasteiger partial charge is 0.293 e. The van der Waals surface area contributed by atoms with Crippen molar-refractivity contribution < 1.29 is 13.2 Å². The minimum absolute atomic E-state index is 0.142. The molecule has 2 atom stereocenters. The second kappa shape index (κ2) is 6.04. The van der Waals surface area contributed by atoms with Crippen LogP contribution in [0.3, 0.4) is 0 Å². The number of unbranched alkanes of at least 4 members (excludes halogenated alkanes) is 2. The number of hydrogen-bond donors (Lipinski definition) is 0. The van der Waals surface area contributed by atoms with Crippen molar-refractivity contribution in [1.82, 2.24) is 0 Å². The molecule has 0 aliphatic heterocycles. The third-order valence-corrected chi connectivity index (χ3v) is 6.27. The van der Waals surface area contributed by atoms with Gasteiger partial charge in [0.25, 0.3) is 0 Å². The van der Waals surface area contributed by atoms with Crippen LogP contribution in [0.2, 0.25) is 0 Å². The molecule has 106 valence electrons. The molecule has 0 heterocycles. The average Bonchev–Trinajstić information content (AvgIpc) is 2.39. The minimum Gasteiger partial charge on any atom is -0.293 e. The van der Waals surface area contributed by atoms with Crippen molar-refractivity contribution in [1.29, 1.82) is 0 Å². The highest BCUT2D eigenvalue weighted by Gasteiger charge is 2.40. The van der Waals surface area contributed by atoms with Gasteiger partial charge >= 0.3 is 0 Å². The van der Waals surface area contributed by atoms with E-state index in [9.17, 15) is 13.2 Å². The van der Waals surface area contributed by atoms with Crippen molar-refractivity contribution in [2.24, 2.45) is 5.92 Å². The zero-order chi connectivity index (χ0) is 13.9. The third-order valence-electron chi connectivity index (χ3n) is 4.09. The van der Waals surface area contributed by atoms with E-state index in [-0.39, 0.29) is 17.5 Å². The summed E-state index contributed by atoms with van der Waals surface area (Å²) in [6.45, 7) is 2.04. The lowest BCUT2D eigenvalue weighted by Gasteiger charge is -2.30. The average molecular weight is 282 g/mol. The molecule has 1 fully saturated rings. The molecular formula is C15H22O3S. The molecule has 4 heteroatoms. The number of carbonyl (C=O) groups is 1. The van der Waals surface area contributed by atoms with Gasteiger partial charge in [-0.25, -0.2) is 8.42 Å². The standard InChI is InChI=1S/C15H22O3S/c1-2-3-6-11-19(17,18)14-10-9-12-7-4-5-8-13(12)15(14)16/h4-5,8,12,14H,2-3,6-7,9-11H2,1H3. The van der Waals surface area contributed by atoms with Crippen LogP contribution in [0.25, 0.3) is 0 Å². The van der Waals surface area contributed by atoms with Gasteiger partial charge in [0.05, 0.1) is 5.75 Å². The van der Waals surface area contributed by atoms with Crippen molar-refractivity contribution >= 4 is 15.6 Å². The van der Waals surface area contributed by atoms with Gasteiger partial charge in [0, 0.05) is 0 Å². The van der Waals surface area contributed by atoms with Crippen LogP contribution in [0.4, 0.5) is 0 Å². The molecule has 19 heavy (non-hydrogen) atoms. The summed E-state index contributed by atoms with van der Waals surface area (Å²) in [5.74, 6) is 0.266. The van der Waals surface area contributed by atoms with Crippen LogP contribution in [0.1, 0.15) is 45.4 Å². The Balaban J connectivity index is 2.11. The molecule has 0 bridgehead atoms. The van der Waals surface area contributed by atoms with Crippen LogP contribution in [0.15, 0.2) is 23.8 Å². The zero-order valence-electron chi connectivity index (χ0n) is 11.5. The Hall–Kier alpha value is -0.900. The monoisotopic (exact) mass is 282 g/mol. The van der Waals surface area contributed by atoms with Crippen LogP contribution in [0, 0.1) is 5.92 Å². The van der Waals surface area contributed by atoms with Crippen LogP contribution >= 0.6 is 0 Å². The van der Waals surface area contributed by atoms with Gasteiger partial charge in [-0.3, -0.25) is 4.79 Å². The van der Waals surface area contributed by atoms with E-state index in [1.165, 1.54) is 0 Å². The van der Waals surface area contributed by atoms with Gasteiger partial charge < -0.3 is 0 Å². The molecule has 2 unspecified atom stereocenters. The molecule has 0 saturated heterocycles. The quantitative estimate of drug-likeness (QED) is 0.729. The van der Waals surface area contributed by atoms with Gasteiger partial charge in [-0.05, 0) is 37.2 Å². The summed E-state index contributed by atoms with van der Waals surface area (Å²) in [4.78, 5) is 12.4. The number of fused-ring (bicyclic) bond motifs is 1. The Bertz CT molecular complexity index is 499. The van der Waals surface area contributed by atoms with Crippen molar-refractivity contribution in [3.05, 3.63) is 23.8 Å². The first kappa shape index (κ1) is 14.5. The Morgan fingerprint density at radius 2 is 2.05 bits per heavy atom. The molecule has 3 nitrogen and oxygen atoms in total. The van der Waals surface area contributed by atoms with E-state index < -0.39 is 15.1 Å². The molecule has 0 aromatic heterocycles. The van der Waals surface area contributed by atoms with Gasteiger partial charge in [0.2, 0.25) is 0 Å². The molecular weight excluding hydrogens is 260 g/mol. The van der Waals surface area contributed by atoms with Gasteiger partial charge in [-0.15, -0.1) is 0 Å². The Morgan fingerprint density at radius 3 is 2.79 bits per heavy atom. The first-order chi connectivity index (χ1) is 9.06. The lowest BCUT2D eigenvalue weighted by atomic mass is 9.79. The van der Waals surface area contributed by atoms with Gasteiger partial charge in [-0.2, -0.15) is 0 Å². The number of rotatable bonds is 5. The van der Waals surface area contributed by atoms with E-state index in [0.717, 1.165) is 31.3 Å². The lowest BCUT2D eigenvalue weighted by molar-refractivity contribution is -0.116. The Kier molecular flexibility index (Phi) is 4.61. The first-order valence-corrected chi connectivity index (χ1v) is 8.90. The summed E-state index contributed by atoms with van der Waals surface area (Å²) in [6.07, 6.45) is 10.5. The number of sulfone groups is 1. The maximum absolute atomic E-state index is 12.4. The highest BCUT2D eigenvalue weighted by molar-refractivity contribution is 7.92. The molecule has 0 aromatic carbocycles. The molecule has 0 amide bonds. The van der Waals surface area contributed by atoms with Crippen molar-refractivity contribution in [2.75, 3.05) is 5.75 Å². The van der Waals surface area contributed by atoms with Crippen LogP contribution in [-0.4, -0.2) is 25.2 Å². The number of Topliss-reactive ketones (excluding diaryl/α,β-unsaturated/α-hetero) is 1. The third kappa shape index (κ3) is 3.16. The molecule has 2 aliphatic rings. The molecule has 0 radical (unpaired) electrons. The zero-order valence-corrected chi connectivity index (χ0v) is 12.3. The lowest BCUT2D eigenvalue weighted by Crippen LogP contribution is -2.39. The molecule has 0 aromatic rings. The highest BCUT2D eigenvalue weighted by Crippen LogP contribution is 2.35. The fourth-order valence-corrected chi connectivity index (χ4v) is 4.79. The van der Waals surface area contributed by atoms with Crippen molar-refractivity contribution in [3.8, 4) is 0 Å². The first-order valence-electron chi connectivity index (χ1n) is 7.18. The summed E-state index contributed by atoms with van der Waals surface area (Å²) in [5.41, 5.74) is 0.734. The second-order valence-corrected chi connectivity index (χ2v) is 7.79. The fraction of sp³-hybridized carbons (Fsp3) is 0.667. The number of allylic oxidation sites excluding steroid dienone is 4. The van der Waals surface area contributed by atoms with E-state index in [0.29, 0.717) is 12.8 Å². The molecule has 0 spiro atoms. The fourth-order valence-electron chi connectivity index (χ4n) is 2.94. The summed E-state index contributed by atoms with van der Waals surface area (Å²) in [6, 6.07) is 0. The summed E-state index contributed by atoms with van der Waals surface area (Å²) >= 11 is 0. The Labute approximate surface area is 115 Å². The molecule has 1 saturated carbocycles. The second-order valence-electron chi connectivity index (χ2n) is 5.49. The summed E-state index contributed by atoms with van der Waals surface area (Å²) in [5, 5.41) is -0.779.